The molecule has 1 aliphatic carbocycles. The average Bonchev–Trinajstić information content (AvgIpc) is 3.57. The van der Waals surface area contributed by atoms with Crippen LogP contribution in [0.25, 0.3) is 12.2 Å². The fourth-order valence-corrected chi connectivity index (χ4v) is 6.82. The first kappa shape index (κ1) is 32.3. The molecule has 0 spiro atoms. The van der Waals surface area contributed by atoms with Crippen molar-refractivity contribution in [2.75, 3.05) is 0 Å². The molecule has 40 heavy (non-hydrogen) atoms. The van der Waals surface area contributed by atoms with Crippen LogP contribution in [0.2, 0.25) is 0 Å². The third kappa shape index (κ3) is 5.76. The molecular weight excluding hydrogens is 624 g/mol. The van der Waals surface area contributed by atoms with Gasteiger partial charge in [-0.2, -0.15) is 0 Å². The molecule has 0 saturated heterocycles. The molecule has 0 unspecified atom stereocenters. The summed E-state index contributed by atoms with van der Waals surface area (Å²) in [5.74, 6) is 0. The van der Waals surface area contributed by atoms with Crippen molar-refractivity contribution >= 4 is 23.6 Å². The predicted octanol–water partition coefficient (Wildman–Crippen LogP) is -0.851. The fourth-order valence-electron chi connectivity index (χ4n) is 6.82. The summed E-state index contributed by atoms with van der Waals surface area (Å²) >= 11 is 0. The smallest absolute Gasteiger partial charge is 0.209 e. The third-order valence-electron chi connectivity index (χ3n) is 9.28. The lowest BCUT2D eigenvalue weighted by atomic mass is 9.87. The first-order chi connectivity index (χ1) is 18.3. The maximum atomic E-state index is 3.91. The number of nitrogens with one attached hydrogen (secondary N) is 4. The number of hydrogen-bond donors (Lipinski definition) is 4. The number of halogens is 2. The Kier molecular flexibility index (Phi) is 10.7. The molecule has 0 saturated carbocycles. The molecule has 4 heterocycles. The molecule has 0 aromatic carbocycles. The summed E-state index contributed by atoms with van der Waals surface area (Å²) < 4.78 is 0. The van der Waals surface area contributed by atoms with E-state index >= 15 is 0 Å². The molecule has 0 bridgehead atoms. The molecule has 6 heteroatoms. The van der Waals surface area contributed by atoms with Gasteiger partial charge in [0.15, 0.2) is 11.4 Å². The lowest BCUT2D eigenvalue weighted by molar-refractivity contribution is -0.393. The summed E-state index contributed by atoms with van der Waals surface area (Å²) in [6.45, 7) is 17.9. The molecule has 2 aromatic heterocycles. The summed E-state index contributed by atoms with van der Waals surface area (Å²) in [5, 5.41) is 0. The fraction of sp³-hybridized carbons (Fsp3) is 0.471. The van der Waals surface area contributed by atoms with Gasteiger partial charge in [-0.1, -0.05) is 20.8 Å². The van der Waals surface area contributed by atoms with Gasteiger partial charge in [-0.3, -0.25) is 0 Å². The molecule has 2 aromatic rings. The zero-order valence-corrected chi connectivity index (χ0v) is 28.7. The lowest BCUT2D eigenvalue weighted by Gasteiger charge is -2.11. The third-order valence-corrected chi connectivity index (χ3v) is 9.28. The van der Waals surface area contributed by atoms with E-state index in [2.05, 4.69) is 87.5 Å². The molecule has 0 fully saturated rings. The molecule has 3 aliphatic rings. The molecular formula is C34H46Br2N4. The molecule has 0 atom stereocenters. The minimum absolute atomic E-state index is 0. The van der Waals surface area contributed by atoms with E-state index < -0.39 is 0 Å². The van der Waals surface area contributed by atoms with Crippen LogP contribution in [0.3, 0.4) is 0 Å². The van der Waals surface area contributed by atoms with E-state index in [-0.39, 0.29) is 34.0 Å². The standard InChI is InChI=1S/C34H44N4.2BrH/c1-9-24-19(4)22(7)35-30(24)17-32-26(11-3)21(6)29(37-32)16-33-27-14-12-13-15-28(27)34(38-33)18-31-25(10-2)20(5)23(8)36-31;;/h17-18,35-36H,9-16H2,1-8H3;2*1H/b32-17-,34-18-;;. The maximum absolute atomic E-state index is 3.91. The average molecular weight is 671 g/mol. The largest absolute Gasteiger partial charge is 1.00 e. The van der Waals surface area contributed by atoms with Gasteiger partial charge >= 0.3 is 0 Å². The van der Waals surface area contributed by atoms with Crippen molar-refractivity contribution in [1.82, 2.24) is 9.97 Å². The summed E-state index contributed by atoms with van der Waals surface area (Å²) in [5.41, 5.74) is 22.0. The Morgan fingerprint density at radius 2 is 1.15 bits per heavy atom. The highest BCUT2D eigenvalue weighted by molar-refractivity contribution is 6.15. The van der Waals surface area contributed by atoms with E-state index in [1.54, 1.807) is 5.57 Å². The monoisotopic (exact) mass is 668 g/mol. The Balaban J connectivity index is 0.00000220. The zero-order chi connectivity index (χ0) is 27.1. The second-order valence-electron chi connectivity index (χ2n) is 11.4. The second kappa shape index (κ2) is 13.2. The summed E-state index contributed by atoms with van der Waals surface area (Å²) in [7, 11) is 0. The minimum atomic E-state index is 0. The van der Waals surface area contributed by atoms with E-state index in [0.29, 0.717) is 0 Å². The molecule has 2 aliphatic heterocycles. The van der Waals surface area contributed by atoms with Crippen molar-refractivity contribution in [2.45, 2.75) is 107 Å². The van der Waals surface area contributed by atoms with Crippen LogP contribution in [-0.4, -0.2) is 21.4 Å². The van der Waals surface area contributed by atoms with E-state index in [4.69, 9.17) is 0 Å². The summed E-state index contributed by atoms with van der Waals surface area (Å²) in [6, 6.07) is 0. The Bertz CT molecular complexity index is 1480. The predicted molar refractivity (Wildman–Crippen MR) is 160 cm³/mol. The van der Waals surface area contributed by atoms with E-state index in [1.807, 2.05) is 0 Å². The van der Waals surface area contributed by atoms with Crippen molar-refractivity contribution in [1.29, 1.82) is 0 Å². The van der Waals surface area contributed by atoms with Gasteiger partial charge in [0.05, 0.1) is 0 Å². The number of aryl methyl sites for hydroxylation is 2. The number of hydrogen-bond acceptors (Lipinski definition) is 0. The SMILES string of the molecule is CCC1=C(C)C(CC2=[NH+]/C(=C\c3[nH]c(C)c(C)c3CC)C3=C2CCCC3)=[NH+]/C1=C\c1[nH]c(C)c(C)c1CC.[Br-].[Br-]. The van der Waals surface area contributed by atoms with Crippen molar-refractivity contribution in [2.24, 2.45) is 0 Å². The van der Waals surface area contributed by atoms with Crippen LogP contribution in [0.1, 0.15) is 111 Å². The molecule has 4 N–H and O–H groups in total. The number of H-pyrrole nitrogens is 2. The maximum Gasteiger partial charge on any atom is 0.209 e. The molecule has 0 amide bonds. The van der Waals surface area contributed by atoms with Crippen LogP contribution < -0.4 is 43.9 Å². The number of rotatable bonds is 7. The van der Waals surface area contributed by atoms with Crippen molar-refractivity contribution < 1.29 is 43.9 Å². The van der Waals surface area contributed by atoms with Crippen LogP contribution >= 0.6 is 0 Å². The molecule has 5 rings (SSSR count). The Morgan fingerprint density at radius 3 is 1.68 bits per heavy atom. The van der Waals surface area contributed by atoms with Crippen LogP contribution in [0.5, 0.6) is 0 Å². The zero-order valence-electron chi connectivity index (χ0n) is 25.6. The van der Waals surface area contributed by atoms with Gasteiger partial charge in [0.1, 0.15) is 6.42 Å². The van der Waals surface area contributed by atoms with Crippen LogP contribution in [0.15, 0.2) is 33.7 Å². The molecule has 4 nitrogen and oxygen atoms in total. The van der Waals surface area contributed by atoms with Crippen LogP contribution in [0, 0.1) is 27.7 Å². The van der Waals surface area contributed by atoms with Gasteiger partial charge in [0.25, 0.3) is 0 Å². The second-order valence-corrected chi connectivity index (χ2v) is 11.4. The van der Waals surface area contributed by atoms with Crippen LogP contribution in [-0.2, 0) is 12.8 Å². The van der Waals surface area contributed by atoms with Gasteiger partial charge < -0.3 is 43.9 Å². The number of allylic oxidation sites excluding steroid dienone is 4. The lowest BCUT2D eigenvalue weighted by Crippen LogP contribution is -3.00. The van der Waals surface area contributed by atoms with Gasteiger partial charge in [-0.15, -0.1) is 0 Å². The van der Waals surface area contributed by atoms with Gasteiger partial charge in [-0.25, -0.2) is 9.98 Å². The Morgan fingerprint density at radius 1 is 0.650 bits per heavy atom. The van der Waals surface area contributed by atoms with E-state index in [0.717, 1.165) is 25.7 Å². The molecule has 0 radical (unpaired) electrons. The topological polar surface area (TPSA) is 59.5 Å². The number of aromatic amines is 2. The van der Waals surface area contributed by atoms with Crippen molar-refractivity contribution in [3.63, 3.8) is 0 Å². The molecule has 216 valence electrons. The van der Waals surface area contributed by atoms with Crippen molar-refractivity contribution in [3.05, 3.63) is 78.7 Å². The quantitative estimate of drug-likeness (QED) is 0.297. The first-order valence-corrected chi connectivity index (χ1v) is 14.8. The highest BCUT2D eigenvalue weighted by atomic mass is 79.9. The van der Waals surface area contributed by atoms with Crippen molar-refractivity contribution in [3.8, 4) is 0 Å². The number of aromatic nitrogens is 2. The van der Waals surface area contributed by atoms with Crippen LogP contribution in [0.4, 0.5) is 0 Å². The highest BCUT2D eigenvalue weighted by Crippen LogP contribution is 2.33. The van der Waals surface area contributed by atoms with E-state index in [1.165, 1.54) is 110 Å². The van der Waals surface area contributed by atoms with Gasteiger partial charge in [0, 0.05) is 57.2 Å². The summed E-state index contributed by atoms with van der Waals surface area (Å²) in [4.78, 5) is 15.1. The summed E-state index contributed by atoms with van der Waals surface area (Å²) in [6.07, 6.45) is 13.7. The van der Waals surface area contributed by atoms with Gasteiger partial charge in [-0.05, 0) is 102 Å². The highest BCUT2D eigenvalue weighted by Gasteiger charge is 2.37. The normalized spacial score (nSPS) is 18.8. The minimum Gasteiger partial charge on any atom is -1.00 e. The first-order valence-electron chi connectivity index (χ1n) is 14.8. The Hall–Kier alpha value is -2.18. The van der Waals surface area contributed by atoms with E-state index in [9.17, 15) is 0 Å². The van der Waals surface area contributed by atoms with Gasteiger partial charge in [0.2, 0.25) is 11.4 Å². The Labute approximate surface area is 261 Å².